The predicted molar refractivity (Wildman–Crippen MR) is 76.9 cm³/mol. The second-order valence-electron chi connectivity index (χ2n) is 4.19. The van der Waals surface area contributed by atoms with E-state index < -0.39 is 10.0 Å². The summed E-state index contributed by atoms with van der Waals surface area (Å²) < 4.78 is 36.9. The highest BCUT2D eigenvalue weighted by molar-refractivity contribution is 9.10. The molecule has 5 nitrogen and oxygen atoms in total. The van der Waals surface area contributed by atoms with Crippen LogP contribution in [0.1, 0.15) is 19.6 Å². The third-order valence-corrected chi connectivity index (χ3v) is 5.71. The molecule has 1 aromatic rings. The first-order valence-corrected chi connectivity index (χ1v) is 8.46. The van der Waals surface area contributed by atoms with Gasteiger partial charge in [-0.25, -0.2) is 8.42 Å². The fourth-order valence-electron chi connectivity index (χ4n) is 1.60. The first-order chi connectivity index (χ1) is 8.84. The van der Waals surface area contributed by atoms with Gasteiger partial charge in [-0.15, -0.1) is 11.6 Å². The number of methoxy groups -OCH3 is 1. The molecule has 0 aromatic carbocycles. The lowest BCUT2D eigenvalue weighted by Crippen LogP contribution is -2.39. The van der Waals surface area contributed by atoms with Crippen molar-refractivity contribution in [1.82, 2.24) is 4.31 Å². The second-order valence-corrected chi connectivity index (χ2v) is 7.03. The van der Waals surface area contributed by atoms with Crippen molar-refractivity contribution in [2.75, 3.05) is 20.3 Å². The molecule has 19 heavy (non-hydrogen) atoms. The molecule has 0 saturated carbocycles. The van der Waals surface area contributed by atoms with Gasteiger partial charge in [0.2, 0.25) is 10.0 Å². The normalized spacial score (nSPS) is 12.6. The maximum absolute atomic E-state index is 12.6. The molecule has 1 heterocycles. The lowest BCUT2D eigenvalue weighted by atomic mass is 10.4. The molecule has 0 bridgehead atoms. The number of alkyl halides is 1. The number of sulfonamides is 1. The summed E-state index contributed by atoms with van der Waals surface area (Å²) in [6.07, 6.45) is 0. The molecule has 0 saturated heterocycles. The van der Waals surface area contributed by atoms with Crippen molar-refractivity contribution in [2.24, 2.45) is 0 Å². The van der Waals surface area contributed by atoms with E-state index in [-0.39, 0.29) is 28.0 Å². The Labute approximate surface area is 127 Å². The van der Waals surface area contributed by atoms with Crippen LogP contribution < -0.4 is 0 Å². The van der Waals surface area contributed by atoms with Crippen LogP contribution >= 0.6 is 27.5 Å². The fourth-order valence-corrected chi connectivity index (χ4v) is 4.32. The maximum atomic E-state index is 12.6. The van der Waals surface area contributed by atoms with Gasteiger partial charge in [-0.05, 0) is 29.8 Å². The number of nitrogens with zero attached hydrogens (tertiary/aromatic N) is 1. The van der Waals surface area contributed by atoms with E-state index in [0.29, 0.717) is 12.4 Å². The van der Waals surface area contributed by atoms with Crippen LogP contribution in [-0.2, 0) is 20.6 Å². The first-order valence-electron chi connectivity index (χ1n) is 5.69. The molecule has 0 unspecified atom stereocenters. The lowest BCUT2D eigenvalue weighted by Gasteiger charge is -2.24. The predicted octanol–water partition coefficient (Wildman–Crippen LogP) is 2.83. The molecule has 1 rings (SSSR count). The second kappa shape index (κ2) is 7.08. The van der Waals surface area contributed by atoms with Crippen LogP contribution in [0.2, 0.25) is 0 Å². The van der Waals surface area contributed by atoms with Crippen molar-refractivity contribution in [2.45, 2.75) is 30.7 Å². The van der Waals surface area contributed by atoms with E-state index in [1.54, 1.807) is 0 Å². The van der Waals surface area contributed by atoms with Crippen LogP contribution in [0.4, 0.5) is 0 Å². The van der Waals surface area contributed by atoms with Gasteiger partial charge in [0.05, 0.1) is 12.5 Å². The van der Waals surface area contributed by atoms with Crippen LogP contribution in [0.5, 0.6) is 0 Å². The maximum Gasteiger partial charge on any atom is 0.247 e. The molecule has 0 aliphatic carbocycles. The largest absolute Gasteiger partial charge is 0.452 e. The molecule has 0 radical (unpaired) electrons. The van der Waals surface area contributed by atoms with E-state index in [9.17, 15) is 8.42 Å². The van der Waals surface area contributed by atoms with Crippen LogP contribution in [0.15, 0.2) is 20.0 Å². The fraction of sp³-hybridized carbons (Fsp3) is 0.636. The van der Waals surface area contributed by atoms with E-state index in [0.717, 1.165) is 0 Å². The van der Waals surface area contributed by atoms with Crippen LogP contribution in [0.25, 0.3) is 0 Å². The summed E-state index contributed by atoms with van der Waals surface area (Å²) >= 11 is 8.76. The Balaban J connectivity index is 3.14. The van der Waals surface area contributed by atoms with Crippen molar-refractivity contribution in [3.05, 3.63) is 16.5 Å². The topological polar surface area (TPSA) is 59.8 Å². The number of rotatable bonds is 7. The molecular weight excluding hydrogens is 358 g/mol. The molecule has 1 aromatic heterocycles. The minimum absolute atomic E-state index is 0.0907. The third-order valence-electron chi connectivity index (χ3n) is 2.52. The van der Waals surface area contributed by atoms with Gasteiger partial charge in [0.1, 0.15) is 10.7 Å². The van der Waals surface area contributed by atoms with E-state index in [2.05, 4.69) is 15.9 Å². The van der Waals surface area contributed by atoms with Crippen LogP contribution in [0, 0.1) is 0 Å². The Bertz CT molecular complexity index is 515. The van der Waals surface area contributed by atoms with Crippen molar-refractivity contribution < 1.29 is 17.6 Å². The molecule has 0 aliphatic rings. The minimum Gasteiger partial charge on any atom is -0.452 e. The van der Waals surface area contributed by atoms with E-state index >= 15 is 0 Å². The summed E-state index contributed by atoms with van der Waals surface area (Å²) in [5.74, 6) is 0.524. The highest BCUT2D eigenvalue weighted by Gasteiger charge is 2.31. The molecule has 110 valence electrons. The number of halogens is 2. The summed E-state index contributed by atoms with van der Waals surface area (Å²) in [5, 5.41) is 0. The Hall–Kier alpha value is -0.0800. The standard InChI is InChI=1S/C11H17BrClNO4S/c1-8(2)14(4-5-17-3)19(15,16)10-6-9(7-13)18-11(10)12/h6,8H,4-5,7H2,1-3H3. The van der Waals surface area contributed by atoms with Crippen molar-refractivity contribution in [3.63, 3.8) is 0 Å². The SMILES string of the molecule is COCCN(C(C)C)S(=O)(=O)c1cc(CCl)oc1Br. The summed E-state index contributed by atoms with van der Waals surface area (Å²) in [7, 11) is -2.11. The van der Waals surface area contributed by atoms with Crippen LogP contribution in [-0.4, -0.2) is 39.0 Å². The zero-order valence-electron chi connectivity index (χ0n) is 11.0. The molecule has 0 atom stereocenters. The van der Waals surface area contributed by atoms with Gasteiger partial charge in [0, 0.05) is 25.8 Å². The van der Waals surface area contributed by atoms with E-state index in [1.165, 1.54) is 17.5 Å². The van der Waals surface area contributed by atoms with Gasteiger partial charge in [-0.3, -0.25) is 0 Å². The van der Waals surface area contributed by atoms with Gasteiger partial charge in [-0.1, -0.05) is 0 Å². The smallest absolute Gasteiger partial charge is 0.247 e. The van der Waals surface area contributed by atoms with Crippen molar-refractivity contribution >= 4 is 37.6 Å². The Morgan fingerprint density at radius 3 is 2.58 bits per heavy atom. The highest BCUT2D eigenvalue weighted by atomic mass is 79.9. The summed E-state index contributed by atoms with van der Waals surface area (Å²) in [4.78, 5) is 0.0907. The molecule has 0 aliphatic heterocycles. The number of hydrogen-bond donors (Lipinski definition) is 0. The average molecular weight is 375 g/mol. The van der Waals surface area contributed by atoms with E-state index in [4.69, 9.17) is 20.8 Å². The number of furan rings is 1. The molecule has 8 heteroatoms. The third kappa shape index (κ3) is 3.95. The Morgan fingerprint density at radius 1 is 1.53 bits per heavy atom. The number of hydrogen-bond acceptors (Lipinski definition) is 4. The zero-order chi connectivity index (χ0) is 14.6. The van der Waals surface area contributed by atoms with E-state index in [1.807, 2.05) is 13.8 Å². The lowest BCUT2D eigenvalue weighted by molar-refractivity contribution is 0.171. The highest BCUT2D eigenvalue weighted by Crippen LogP contribution is 2.30. The molecule has 0 N–H and O–H groups in total. The number of ether oxygens (including phenoxy) is 1. The summed E-state index contributed by atoms with van der Waals surface area (Å²) in [6.45, 7) is 4.23. The average Bonchev–Trinajstić information content (AvgIpc) is 2.71. The molecule has 0 spiro atoms. The Kier molecular flexibility index (Phi) is 6.32. The quantitative estimate of drug-likeness (QED) is 0.689. The minimum atomic E-state index is -3.64. The van der Waals surface area contributed by atoms with Gasteiger partial charge in [-0.2, -0.15) is 4.31 Å². The first kappa shape index (κ1) is 17.0. The van der Waals surface area contributed by atoms with Crippen molar-refractivity contribution in [1.29, 1.82) is 0 Å². The monoisotopic (exact) mass is 373 g/mol. The van der Waals surface area contributed by atoms with Gasteiger partial charge in [0.25, 0.3) is 0 Å². The van der Waals surface area contributed by atoms with Crippen LogP contribution in [0.3, 0.4) is 0 Å². The summed E-state index contributed by atoms with van der Waals surface area (Å²) in [6, 6.07) is 1.26. The molecule has 0 amide bonds. The molecule has 0 fully saturated rings. The van der Waals surface area contributed by atoms with Gasteiger partial charge < -0.3 is 9.15 Å². The summed E-state index contributed by atoms with van der Waals surface area (Å²) in [5.41, 5.74) is 0. The van der Waals surface area contributed by atoms with Gasteiger partial charge in [0.15, 0.2) is 4.67 Å². The van der Waals surface area contributed by atoms with Gasteiger partial charge >= 0.3 is 0 Å². The van der Waals surface area contributed by atoms with Crippen molar-refractivity contribution in [3.8, 4) is 0 Å². The zero-order valence-corrected chi connectivity index (χ0v) is 14.2. The Morgan fingerprint density at radius 2 is 2.16 bits per heavy atom. The molecular formula is C11H17BrClNO4S.